The van der Waals surface area contributed by atoms with Crippen molar-refractivity contribution >= 4 is 33.6 Å². The zero-order chi connectivity index (χ0) is 22.6. The number of benzene rings is 2. The summed E-state index contributed by atoms with van der Waals surface area (Å²) in [6.45, 7) is 2.46. The van der Waals surface area contributed by atoms with E-state index in [-0.39, 0.29) is 5.75 Å². The van der Waals surface area contributed by atoms with Gasteiger partial charge in [-0.05, 0) is 36.8 Å². The Balaban J connectivity index is 1.41. The summed E-state index contributed by atoms with van der Waals surface area (Å²) in [4.78, 5) is 13.3. The molecule has 2 N–H and O–H groups in total. The molecule has 0 atom stereocenters. The number of hydrazone groups is 1. The molecule has 0 spiro atoms. The van der Waals surface area contributed by atoms with Gasteiger partial charge in [-0.1, -0.05) is 24.3 Å². The zero-order valence-corrected chi connectivity index (χ0v) is 18.5. The summed E-state index contributed by atoms with van der Waals surface area (Å²) >= 11 is 1.39. The fourth-order valence-corrected chi connectivity index (χ4v) is 4.52. The van der Waals surface area contributed by atoms with Gasteiger partial charge in [-0.15, -0.1) is 11.3 Å². The Bertz CT molecular complexity index is 1410. The third-order valence-corrected chi connectivity index (χ3v) is 6.17. The van der Waals surface area contributed by atoms with Crippen LogP contribution in [0.15, 0.2) is 78.7 Å². The SMILES string of the molecule is CCOc1ccccc1-c1sc2c(NN=Cc3ccc(-n4ccnc4)cc3)ncnc2c1O. The van der Waals surface area contributed by atoms with Gasteiger partial charge in [0.25, 0.3) is 0 Å². The highest BCUT2D eigenvalue weighted by Crippen LogP contribution is 2.47. The second-order valence-corrected chi connectivity index (χ2v) is 8.06. The van der Waals surface area contributed by atoms with Gasteiger partial charge in [0, 0.05) is 23.6 Å². The van der Waals surface area contributed by atoms with Gasteiger partial charge < -0.3 is 14.4 Å². The summed E-state index contributed by atoms with van der Waals surface area (Å²) in [5.41, 5.74) is 6.21. The molecule has 164 valence electrons. The van der Waals surface area contributed by atoms with Crippen LogP contribution in [0.2, 0.25) is 0 Å². The number of hydrogen-bond donors (Lipinski definition) is 2. The average Bonchev–Trinajstić information content (AvgIpc) is 3.50. The van der Waals surface area contributed by atoms with Gasteiger partial charge in [0.05, 0.1) is 24.0 Å². The molecule has 33 heavy (non-hydrogen) atoms. The predicted molar refractivity (Wildman–Crippen MR) is 130 cm³/mol. The number of para-hydroxylation sites is 1. The molecule has 8 nitrogen and oxygen atoms in total. The molecule has 0 saturated heterocycles. The molecule has 5 aromatic rings. The van der Waals surface area contributed by atoms with E-state index < -0.39 is 0 Å². The molecule has 3 heterocycles. The van der Waals surface area contributed by atoms with Gasteiger partial charge in [-0.2, -0.15) is 5.10 Å². The molecule has 0 unspecified atom stereocenters. The summed E-state index contributed by atoms with van der Waals surface area (Å²) in [5.74, 6) is 1.33. The Morgan fingerprint density at radius 2 is 2.00 bits per heavy atom. The number of imidazole rings is 1. The molecule has 0 aliphatic carbocycles. The van der Waals surface area contributed by atoms with Crippen molar-refractivity contribution in [2.45, 2.75) is 6.92 Å². The van der Waals surface area contributed by atoms with Crippen molar-refractivity contribution in [2.75, 3.05) is 12.0 Å². The number of anilines is 1. The van der Waals surface area contributed by atoms with E-state index in [0.29, 0.717) is 33.3 Å². The van der Waals surface area contributed by atoms with Gasteiger partial charge >= 0.3 is 0 Å². The summed E-state index contributed by atoms with van der Waals surface area (Å²) < 4.78 is 8.38. The molecular weight excluding hydrogens is 436 g/mol. The lowest BCUT2D eigenvalue weighted by Crippen LogP contribution is -1.95. The van der Waals surface area contributed by atoms with E-state index in [1.54, 1.807) is 18.7 Å². The fraction of sp³-hybridized carbons (Fsp3) is 0.0833. The topological polar surface area (TPSA) is 97.5 Å². The highest BCUT2D eigenvalue weighted by atomic mass is 32.1. The van der Waals surface area contributed by atoms with Gasteiger partial charge in [0.1, 0.15) is 22.3 Å². The molecule has 0 radical (unpaired) electrons. The highest BCUT2D eigenvalue weighted by Gasteiger charge is 2.19. The molecular formula is C24H20N6O2S. The Morgan fingerprint density at radius 3 is 2.79 bits per heavy atom. The van der Waals surface area contributed by atoms with Crippen LogP contribution in [0.5, 0.6) is 11.5 Å². The first kappa shape index (κ1) is 20.7. The van der Waals surface area contributed by atoms with E-state index in [1.165, 1.54) is 17.7 Å². The predicted octanol–water partition coefficient (Wildman–Crippen LogP) is 5.09. The molecule has 3 aromatic heterocycles. The quantitative estimate of drug-likeness (QED) is 0.261. The van der Waals surface area contributed by atoms with Crippen LogP contribution in [-0.4, -0.2) is 37.4 Å². The standard InChI is InChI=1S/C24H20N6O2S/c1-2-32-19-6-4-3-5-18(19)22-21(31)20-23(33-22)24(27-14-26-20)29-28-13-16-7-9-17(10-8-16)30-12-11-25-15-30/h3-15,31H,2H2,1H3,(H,26,27,29). The Labute approximate surface area is 193 Å². The van der Waals surface area contributed by atoms with Crippen molar-refractivity contribution in [3.63, 3.8) is 0 Å². The van der Waals surface area contributed by atoms with Gasteiger partial charge in [-0.3, -0.25) is 5.43 Å². The van der Waals surface area contributed by atoms with Crippen LogP contribution < -0.4 is 10.2 Å². The summed E-state index contributed by atoms with van der Waals surface area (Å²) in [5, 5.41) is 15.2. The largest absolute Gasteiger partial charge is 0.504 e. The highest BCUT2D eigenvalue weighted by molar-refractivity contribution is 7.23. The van der Waals surface area contributed by atoms with Crippen LogP contribution in [0.4, 0.5) is 5.82 Å². The maximum atomic E-state index is 10.9. The molecule has 0 aliphatic heterocycles. The zero-order valence-electron chi connectivity index (χ0n) is 17.7. The Hall–Kier alpha value is -4.24. The molecule has 0 aliphatic rings. The van der Waals surface area contributed by atoms with Crippen LogP contribution in [0.3, 0.4) is 0 Å². The Morgan fingerprint density at radius 1 is 1.15 bits per heavy atom. The van der Waals surface area contributed by atoms with Crippen molar-refractivity contribution in [3.8, 4) is 27.6 Å². The van der Waals surface area contributed by atoms with Crippen LogP contribution in [-0.2, 0) is 0 Å². The van der Waals surface area contributed by atoms with Crippen LogP contribution >= 0.6 is 11.3 Å². The first-order valence-corrected chi connectivity index (χ1v) is 11.1. The molecule has 9 heteroatoms. The van der Waals surface area contributed by atoms with E-state index in [2.05, 4.69) is 25.5 Å². The molecule has 0 saturated carbocycles. The van der Waals surface area contributed by atoms with Crippen molar-refractivity contribution in [3.05, 3.63) is 79.1 Å². The smallest absolute Gasteiger partial charge is 0.167 e. The van der Waals surface area contributed by atoms with Crippen LogP contribution in [0.1, 0.15) is 12.5 Å². The third-order valence-electron chi connectivity index (χ3n) is 4.96. The molecule has 0 amide bonds. The average molecular weight is 457 g/mol. The first-order chi connectivity index (χ1) is 16.2. The lowest BCUT2D eigenvalue weighted by Gasteiger charge is -2.08. The summed E-state index contributed by atoms with van der Waals surface area (Å²) in [6, 6.07) is 15.5. The number of rotatable bonds is 7. The molecule has 0 bridgehead atoms. The van der Waals surface area contributed by atoms with Crippen molar-refractivity contribution in [1.29, 1.82) is 0 Å². The summed E-state index contributed by atoms with van der Waals surface area (Å²) in [7, 11) is 0. The number of aromatic hydroxyl groups is 1. The minimum Gasteiger partial charge on any atom is -0.504 e. The molecule has 0 fully saturated rings. The number of thiophene rings is 1. The summed E-state index contributed by atoms with van der Waals surface area (Å²) in [6.07, 6.45) is 8.51. The van der Waals surface area contributed by atoms with Gasteiger partial charge in [0.2, 0.25) is 0 Å². The number of nitrogens with zero attached hydrogens (tertiary/aromatic N) is 5. The number of hydrogen-bond acceptors (Lipinski definition) is 8. The fourth-order valence-electron chi connectivity index (χ4n) is 3.41. The molecule has 5 rings (SSSR count). The van der Waals surface area contributed by atoms with Crippen LogP contribution in [0.25, 0.3) is 26.3 Å². The minimum absolute atomic E-state index is 0.103. The minimum atomic E-state index is 0.103. The van der Waals surface area contributed by atoms with E-state index in [1.807, 2.05) is 66.2 Å². The van der Waals surface area contributed by atoms with E-state index >= 15 is 0 Å². The van der Waals surface area contributed by atoms with Crippen molar-refractivity contribution in [2.24, 2.45) is 5.10 Å². The van der Waals surface area contributed by atoms with Gasteiger partial charge in [0.15, 0.2) is 11.6 Å². The number of ether oxygens (including phenoxy) is 1. The van der Waals surface area contributed by atoms with Crippen molar-refractivity contribution < 1.29 is 9.84 Å². The number of fused-ring (bicyclic) bond motifs is 1. The number of nitrogens with one attached hydrogen (secondary N) is 1. The maximum absolute atomic E-state index is 10.9. The Kier molecular flexibility index (Phi) is 5.69. The van der Waals surface area contributed by atoms with E-state index in [0.717, 1.165) is 16.8 Å². The number of aromatic nitrogens is 4. The van der Waals surface area contributed by atoms with Crippen LogP contribution in [0, 0.1) is 0 Å². The third kappa shape index (κ3) is 4.13. The molecule has 2 aromatic carbocycles. The second kappa shape index (κ2) is 9.09. The van der Waals surface area contributed by atoms with E-state index in [9.17, 15) is 5.11 Å². The lowest BCUT2D eigenvalue weighted by molar-refractivity contribution is 0.341. The maximum Gasteiger partial charge on any atom is 0.167 e. The monoisotopic (exact) mass is 456 g/mol. The second-order valence-electron chi connectivity index (χ2n) is 7.04. The normalized spacial score (nSPS) is 11.3. The van der Waals surface area contributed by atoms with E-state index in [4.69, 9.17) is 4.74 Å². The van der Waals surface area contributed by atoms with Crippen molar-refractivity contribution in [1.82, 2.24) is 19.5 Å². The lowest BCUT2D eigenvalue weighted by atomic mass is 10.1. The van der Waals surface area contributed by atoms with Gasteiger partial charge in [-0.25, -0.2) is 15.0 Å². The first-order valence-electron chi connectivity index (χ1n) is 10.3.